The van der Waals surface area contributed by atoms with E-state index in [-0.39, 0.29) is 6.54 Å². The van der Waals surface area contributed by atoms with Gasteiger partial charge in [-0.1, -0.05) is 67.6 Å². The molecule has 4 atom stereocenters. The Kier molecular flexibility index (Phi) is 6.25. The van der Waals surface area contributed by atoms with Gasteiger partial charge in [0.05, 0.1) is 18.3 Å². The molecule has 1 saturated heterocycles. The van der Waals surface area contributed by atoms with Crippen LogP contribution in [0.25, 0.3) is 0 Å². The largest absolute Gasteiger partial charge is 0.461 e. The van der Waals surface area contributed by atoms with Crippen molar-refractivity contribution in [1.29, 1.82) is 0 Å². The molecule has 0 bridgehead atoms. The van der Waals surface area contributed by atoms with Crippen LogP contribution in [0.15, 0.2) is 60.7 Å². The fourth-order valence-corrected chi connectivity index (χ4v) is 3.72. The number of amides is 1. The van der Waals surface area contributed by atoms with Crippen LogP contribution in [-0.4, -0.2) is 24.2 Å². The minimum atomic E-state index is -4.69. The third-order valence-electron chi connectivity index (χ3n) is 5.29. The highest BCUT2D eigenvalue weighted by Crippen LogP contribution is 2.44. The summed E-state index contributed by atoms with van der Waals surface area (Å²) in [5, 5.41) is 2.59. The molecule has 154 valence electrons. The number of esters is 1. The number of hydrogen-bond acceptors (Lipinski definition) is 3. The second-order valence-corrected chi connectivity index (χ2v) is 7.24. The molecular weight excluding hydrogens is 383 g/mol. The van der Waals surface area contributed by atoms with Gasteiger partial charge >= 0.3 is 12.1 Å². The van der Waals surface area contributed by atoms with Crippen molar-refractivity contribution in [3.8, 4) is 0 Å². The summed E-state index contributed by atoms with van der Waals surface area (Å²) in [6, 6.07) is 17.7. The molecule has 2 aromatic rings. The highest BCUT2D eigenvalue weighted by atomic mass is 19.4. The second-order valence-electron chi connectivity index (χ2n) is 7.24. The first kappa shape index (κ1) is 20.9. The molecule has 7 heteroatoms. The minimum Gasteiger partial charge on any atom is -0.461 e. The lowest BCUT2D eigenvalue weighted by atomic mass is 9.75. The van der Waals surface area contributed by atoms with E-state index in [1.165, 1.54) is 0 Å². The number of ether oxygens (including phenoxy) is 1. The molecule has 1 aliphatic heterocycles. The predicted molar refractivity (Wildman–Crippen MR) is 101 cm³/mol. The molecule has 1 heterocycles. The number of carbonyl (C=O) groups is 2. The molecule has 0 aliphatic carbocycles. The highest BCUT2D eigenvalue weighted by Gasteiger charge is 2.56. The normalized spacial score (nSPS) is 23.2. The zero-order chi connectivity index (χ0) is 21.0. The summed E-state index contributed by atoms with van der Waals surface area (Å²) in [6.07, 6.45) is -6.76. The molecule has 0 aromatic heterocycles. The molecule has 1 fully saturated rings. The molecule has 0 radical (unpaired) electrons. The van der Waals surface area contributed by atoms with E-state index in [1.807, 2.05) is 6.07 Å². The van der Waals surface area contributed by atoms with Crippen LogP contribution in [-0.2, 0) is 20.9 Å². The van der Waals surface area contributed by atoms with Gasteiger partial charge in [-0.05, 0) is 11.1 Å². The van der Waals surface area contributed by atoms with Crippen LogP contribution in [0.5, 0.6) is 0 Å². The van der Waals surface area contributed by atoms with Crippen molar-refractivity contribution in [2.24, 2.45) is 11.8 Å². The van der Waals surface area contributed by atoms with Crippen LogP contribution in [0.1, 0.15) is 30.4 Å². The fourth-order valence-electron chi connectivity index (χ4n) is 3.72. The van der Waals surface area contributed by atoms with Crippen LogP contribution < -0.4 is 5.32 Å². The average molecular weight is 405 g/mol. The Labute approximate surface area is 167 Å². The second kappa shape index (κ2) is 8.68. The Morgan fingerprint density at radius 3 is 2.28 bits per heavy atom. The van der Waals surface area contributed by atoms with Gasteiger partial charge in [-0.2, -0.15) is 13.2 Å². The fraction of sp³-hybridized carbons (Fsp3) is 0.364. The van der Waals surface area contributed by atoms with E-state index in [0.717, 1.165) is 5.56 Å². The Hall–Kier alpha value is -2.83. The van der Waals surface area contributed by atoms with Crippen LogP contribution in [0, 0.1) is 11.8 Å². The number of alkyl halides is 3. The number of nitrogens with one attached hydrogen (secondary N) is 1. The summed E-state index contributed by atoms with van der Waals surface area (Å²) in [4.78, 5) is 24.8. The Morgan fingerprint density at radius 2 is 1.69 bits per heavy atom. The molecule has 2 aromatic carbocycles. The molecule has 1 amide bonds. The quantitative estimate of drug-likeness (QED) is 0.758. The van der Waals surface area contributed by atoms with Gasteiger partial charge in [-0.25, -0.2) is 0 Å². The van der Waals surface area contributed by atoms with Crippen molar-refractivity contribution in [3.63, 3.8) is 0 Å². The molecule has 29 heavy (non-hydrogen) atoms. The number of cyclic esters (lactones) is 1. The summed E-state index contributed by atoms with van der Waals surface area (Å²) in [6.45, 7) is 1.77. The Balaban J connectivity index is 1.88. The van der Waals surface area contributed by atoms with E-state index in [2.05, 4.69) is 5.32 Å². The van der Waals surface area contributed by atoms with Crippen LogP contribution in [0.2, 0.25) is 0 Å². The topological polar surface area (TPSA) is 55.4 Å². The van der Waals surface area contributed by atoms with Gasteiger partial charge in [0.15, 0.2) is 0 Å². The van der Waals surface area contributed by atoms with Gasteiger partial charge in [0.1, 0.15) is 6.10 Å². The standard InChI is InChI=1S/C22H22F3NO3/c1-14(16-10-6-3-7-11-16)20-19(17(22(23,24)25)12-18(27)29-20)21(28)26-13-15-8-4-2-5-9-15/h2-11,14,17,19-20H,12-13H2,1H3,(H,26,28)/t14-,17+,19+,20+/m1/s1. The number of carbonyl (C=O) groups excluding carboxylic acids is 2. The van der Waals surface area contributed by atoms with Crippen molar-refractivity contribution in [2.75, 3.05) is 0 Å². The molecule has 0 spiro atoms. The maximum absolute atomic E-state index is 13.7. The van der Waals surface area contributed by atoms with Crippen LogP contribution >= 0.6 is 0 Å². The third kappa shape index (κ3) is 4.96. The summed E-state index contributed by atoms with van der Waals surface area (Å²) in [7, 11) is 0. The zero-order valence-electron chi connectivity index (χ0n) is 15.9. The van der Waals surface area contributed by atoms with E-state index in [4.69, 9.17) is 4.74 Å². The first-order valence-electron chi connectivity index (χ1n) is 9.40. The number of benzene rings is 2. The van der Waals surface area contributed by atoms with E-state index < -0.39 is 48.3 Å². The van der Waals surface area contributed by atoms with Crippen molar-refractivity contribution >= 4 is 11.9 Å². The lowest BCUT2D eigenvalue weighted by Gasteiger charge is -2.40. The van der Waals surface area contributed by atoms with Crippen LogP contribution in [0.4, 0.5) is 13.2 Å². The lowest BCUT2D eigenvalue weighted by Crippen LogP contribution is -2.53. The first-order chi connectivity index (χ1) is 13.8. The number of halogens is 3. The lowest BCUT2D eigenvalue weighted by molar-refractivity contribution is -0.224. The smallest absolute Gasteiger partial charge is 0.393 e. The summed E-state index contributed by atoms with van der Waals surface area (Å²) >= 11 is 0. The molecule has 1 aliphatic rings. The molecule has 0 saturated carbocycles. The summed E-state index contributed by atoms with van der Waals surface area (Å²) < 4.78 is 46.5. The Morgan fingerprint density at radius 1 is 1.10 bits per heavy atom. The van der Waals surface area contributed by atoms with Crippen molar-refractivity contribution < 1.29 is 27.5 Å². The van der Waals surface area contributed by atoms with Crippen LogP contribution in [0.3, 0.4) is 0 Å². The summed E-state index contributed by atoms with van der Waals surface area (Å²) in [5.74, 6) is -5.89. The van der Waals surface area contributed by atoms with Gasteiger partial charge in [0.2, 0.25) is 5.91 Å². The van der Waals surface area contributed by atoms with E-state index in [1.54, 1.807) is 61.5 Å². The van der Waals surface area contributed by atoms with Crippen molar-refractivity contribution in [3.05, 3.63) is 71.8 Å². The van der Waals surface area contributed by atoms with Gasteiger partial charge < -0.3 is 10.1 Å². The molecule has 0 unspecified atom stereocenters. The minimum absolute atomic E-state index is 0.0983. The SMILES string of the molecule is C[C@H](c1ccccc1)[C@@H]1OC(=O)C[C@H](C(F)(F)F)[C@@H]1C(=O)NCc1ccccc1. The van der Waals surface area contributed by atoms with Gasteiger partial charge in [-0.3, -0.25) is 9.59 Å². The summed E-state index contributed by atoms with van der Waals surface area (Å²) in [5.41, 5.74) is 1.47. The molecule has 4 nitrogen and oxygen atoms in total. The van der Waals surface area contributed by atoms with Crippen molar-refractivity contribution in [2.45, 2.75) is 38.1 Å². The maximum atomic E-state index is 13.7. The van der Waals surface area contributed by atoms with Gasteiger partial charge in [0.25, 0.3) is 0 Å². The first-order valence-corrected chi connectivity index (χ1v) is 9.40. The van der Waals surface area contributed by atoms with Crippen molar-refractivity contribution in [1.82, 2.24) is 5.32 Å². The monoisotopic (exact) mass is 405 g/mol. The predicted octanol–water partition coefficient (Wildman–Crippen LogP) is 4.22. The average Bonchev–Trinajstić information content (AvgIpc) is 2.71. The van der Waals surface area contributed by atoms with E-state index in [0.29, 0.717) is 5.56 Å². The zero-order valence-corrected chi connectivity index (χ0v) is 15.9. The van der Waals surface area contributed by atoms with Gasteiger partial charge in [0, 0.05) is 12.5 Å². The molecule has 3 rings (SSSR count). The highest BCUT2D eigenvalue weighted by molar-refractivity contribution is 5.83. The number of hydrogen-bond donors (Lipinski definition) is 1. The molecular formula is C22H22F3NO3. The molecule has 1 N–H and O–H groups in total. The maximum Gasteiger partial charge on any atom is 0.393 e. The van der Waals surface area contributed by atoms with Gasteiger partial charge in [-0.15, -0.1) is 0 Å². The Bertz CT molecular complexity index is 839. The number of rotatable bonds is 5. The van der Waals surface area contributed by atoms with E-state index >= 15 is 0 Å². The van der Waals surface area contributed by atoms with E-state index in [9.17, 15) is 22.8 Å². The third-order valence-corrected chi connectivity index (χ3v) is 5.29.